The van der Waals surface area contributed by atoms with Crippen molar-refractivity contribution in [1.29, 1.82) is 0 Å². The molecule has 0 aliphatic carbocycles. The molecule has 33 heavy (non-hydrogen) atoms. The van der Waals surface area contributed by atoms with Gasteiger partial charge in [0.1, 0.15) is 11.7 Å². The van der Waals surface area contributed by atoms with Crippen LogP contribution in [0.4, 0.5) is 0 Å². The third-order valence-electron chi connectivity index (χ3n) is 5.21. The lowest BCUT2D eigenvalue weighted by molar-refractivity contribution is -0.133. The van der Waals surface area contributed by atoms with Crippen LogP contribution in [0.5, 0.6) is 5.75 Å². The van der Waals surface area contributed by atoms with Gasteiger partial charge in [0.15, 0.2) is 0 Å². The second-order valence-corrected chi connectivity index (χ2v) is 8.36. The van der Waals surface area contributed by atoms with Crippen molar-refractivity contribution in [2.24, 2.45) is 11.0 Å². The Bertz CT molecular complexity index is 1210. The molecule has 1 heterocycles. The fourth-order valence-electron chi connectivity index (χ4n) is 3.61. The number of ether oxygens (including phenoxy) is 1. The summed E-state index contributed by atoms with van der Waals surface area (Å²) in [5, 5.41) is 6.73. The summed E-state index contributed by atoms with van der Waals surface area (Å²) in [6.07, 6.45) is 1.43. The fourth-order valence-corrected chi connectivity index (χ4v) is 4.01. The van der Waals surface area contributed by atoms with Crippen molar-refractivity contribution < 1.29 is 19.1 Å². The number of hydrogen-bond donors (Lipinski definition) is 2. The minimum atomic E-state index is -0.859. The second kappa shape index (κ2) is 10.2. The normalized spacial score (nSPS) is 17.5. The summed E-state index contributed by atoms with van der Waals surface area (Å²) in [6.45, 7) is 0.399. The van der Waals surface area contributed by atoms with Crippen molar-refractivity contribution in [2.75, 3.05) is 6.54 Å². The van der Waals surface area contributed by atoms with Crippen LogP contribution in [-0.4, -0.2) is 30.5 Å². The molecule has 1 fully saturated rings. The van der Waals surface area contributed by atoms with Crippen LogP contribution in [0.3, 0.4) is 0 Å². The standard InChI is InChI=1S/C25H20BrN3O4/c26-19-10-5-9-18(13-19)25(32)33-20-11-4-6-16(12-20)14-28-29-24(31)22-21(15-27-23(22)30)17-7-2-1-3-8-17/h1-14,21-22H,15H2,(H,27,30)(H,29,31)/b28-14+/t21-,22-/m0/s1. The molecule has 0 aromatic heterocycles. The molecule has 0 saturated carbocycles. The first-order valence-electron chi connectivity index (χ1n) is 10.2. The van der Waals surface area contributed by atoms with Crippen molar-refractivity contribution in [3.05, 3.63) is 100 Å². The largest absolute Gasteiger partial charge is 0.423 e. The van der Waals surface area contributed by atoms with Crippen LogP contribution in [0.25, 0.3) is 0 Å². The predicted molar refractivity (Wildman–Crippen MR) is 127 cm³/mol. The minimum absolute atomic E-state index is 0.255. The quantitative estimate of drug-likeness (QED) is 0.175. The van der Waals surface area contributed by atoms with Gasteiger partial charge in [-0.15, -0.1) is 0 Å². The Morgan fingerprint density at radius 3 is 2.61 bits per heavy atom. The lowest BCUT2D eigenvalue weighted by atomic mass is 9.88. The molecule has 166 valence electrons. The summed E-state index contributed by atoms with van der Waals surface area (Å²) in [7, 11) is 0. The van der Waals surface area contributed by atoms with Gasteiger partial charge < -0.3 is 10.1 Å². The third-order valence-corrected chi connectivity index (χ3v) is 5.70. The molecule has 2 atom stereocenters. The molecule has 3 aromatic carbocycles. The SMILES string of the molecule is O=C(Oc1cccc(/C=N/NC(=O)[C@@H]2C(=O)NC[C@H]2c2ccccc2)c1)c1cccc(Br)c1. The molecule has 0 unspecified atom stereocenters. The van der Waals surface area contributed by atoms with Crippen molar-refractivity contribution in [1.82, 2.24) is 10.7 Å². The molecule has 4 rings (SSSR count). The molecule has 2 N–H and O–H groups in total. The Morgan fingerprint density at radius 2 is 1.82 bits per heavy atom. The zero-order chi connectivity index (χ0) is 23.2. The van der Waals surface area contributed by atoms with Crippen LogP contribution in [0, 0.1) is 5.92 Å². The molecule has 1 saturated heterocycles. The first kappa shape index (κ1) is 22.4. The number of nitrogens with zero attached hydrogens (tertiary/aromatic N) is 1. The van der Waals surface area contributed by atoms with Gasteiger partial charge in [-0.25, -0.2) is 10.2 Å². The van der Waals surface area contributed by atoms with E-state index in [4.69, 9.17) is 4.74 Å². The number of esters is 1. The van der Waals surface area contributed by atoms with Gasteiger partial charge in [0.25, 0.3) is 5.91 Å². The zero-order valence-corrected chi connectivity index (χ0v) is 19.0. The summed E-state index contributed by atoms with van der Waals surface area (Å²) >= 11 is 3.33. The number of halogens is 1. The van der Waals surface area contributed by atoms with Crippen LogP contribution < -0.4 is 15.5 Å². The second-order valence-electron chi connectivity index (χ2n) is 7.45. The van der Waals surface area contributed by atoms with E-state index in [1.807, 2.05) is 36.4 Å². The smallest absolute Gasteiger partial charge is 0.343 e. The molecule has 2 amide bonds. The predicted octanol–water partition coefficient (Wildman–Crippen LogP) is 3.65. The average Bonchev–Trinajstić information content (AvgIpc) is 3.21. The van der Waals surface area contributed by atoms with E-state index < -0.39 is 17.8 Å². The van der Waals surface area contributed by atoms with Gasteiger partial charge in [0.05, 0.1) is 11.8 Å². The molecule has 7 nitrogen and oxygen atoms in total. The Morgan fingerprint density at radius 1 is 1.03 bits per heavy atom. The van der Waals surface area contributed by atoms with E-state index in [9.17, 15) is 14.4 Å². The summed E-state index contributed by atoms with van der Waals surface area (Å²) < 4.78 is 6.20. The Kier molecular flexibility index (Phi) is 6.95. The van der Waals surface area contributed by atoms with Crippen LogP contribution in [0.2, 0.25) is 0 Å². The van der Waals surface area contributed by atoms with Gasteiger partial charge in [-0.05, 0) is 41.5 Å². The number of hydrogen-bond acceptors (Lipinski definition) is 5. The molecular weight excluding hydrogens is 486 g/mol. The van der Waals surface area contributed by atoms with Gasteiger partial charge in [-0.2, -0.15) is 5.10 Å². The molecule has 0 spiro atoms. The van der Waals surface area contributed by atoms with E-state index in [-0.39, 0.29) is 11.8 Å². The maximum atomic E-state index is 12.7. The Balaban J connectivity index is 1.39. The number of nitrogens with one attached hydrogen (secondary N) is 2. The number of benzene rings is 3. The maximum absolute atomic E-state index is 12.7. The van der Waals surface area contributed by atoms with E-state index in [1.165, 1.54) is 6.21 Å². The zero-order valence-electron chi connectivity index (χ0n) is 17.4. The van der Waals surface area contributed by atoms with Crippen LogP contribution in [0.1, 0.15) is 27.4 Å². The lowest BCUT2D eigenvalue weighted by Crippen LogP contribution is -2.34. The molecule has 1 aliphatic heterocycles. The van der Waals surface area contributed by atoms with E-state index in [2.05, 4.69) is 31.8 Å². The van der Waals surface area contributed by atoms with Crippen LogP contribution >= 0.6 is 15.9 Å². The summed E-state index contributed by atoms with van der Waals surface area (Å²) in [6, 6.07) is 23.1. The van der Waals surface area contributed by atoms with E-state index in [1.54, 1.807) is 42.5 Å². The number of carbonyl (C=O) groups excluding carboxylic acids is 3. The molecule has 1 aliphatic rings. The van der Waals surface area contributed by atoms with Crippen molar-refractivity contribution in [3.63, 3.8) is 0 Å². The van der Waals surface area contributed by atoms with Gasteiger partial charge in [0, 0.05) is 16.9 Å². The van der Waals surface area contributed by atoms with Crippen LogP contribution in [0.15, 0.2) is 88.4 Å². The number of hydrazone groups is 1. The Labute approximate surface area is 199 Å². The Hall–Kier alpha value is -3.78. The van der Waals surface area contributed by atoms with Gasteiger partial charge in [-0.3, -0.25) is 9.59 Å². The number of rotatable bonds is 6. The van der Waals surface area contributed by atoms with Gasteiger partial charge >= 0.3 is 5.97 Å². The number of amides is 2. The molecular formula is C25H20BrN3O4. The summed E-state index contributed by atoms with van der Waals surface area (Å²) in [5.74, 6) is -2.06. The molecule has 8 heteroatoms. The third kappa shape index (κ3) is 5.53. The van der Waals surface area contributed by atoms with Crippen molar-refractivity contribution >= 4 is 39.9 Å². The number of carbonyl (C=O) groups is 3. The minimum Gasteiger partial charge on any atom is -0.423 e. The van der Waals surface area contributed by atoms with Crippen molar-refractivity contribution in [2.45, 2.75) is 5.92 Å². The maximum Gasteiger partial charge on any atom is 0.343 e. The first-order chi connectivity index (χ1) is 16.0. The molecule has 0 radical (unpaired) electrons. The van der Waals surface area contributed by atoms with Crippen molar-refractivity contribution in [3.8, 4) is 5.75 Å². The topological polar surface area (TPSA) is 96.9 Å². The average molecular weight is 506 g/mol. The summed E-state index contributed by atoms with van der Waals surface area (Å²) in [5.41, 5.74) is 4.40. The highest BCUT2D eigenvalue weighted by Gasteiger charge is 2.40. The highest BCUT2D eigenvalue weighted by Crippen LogP contribution is 2.29. The van der Waals surface area contributed by atoms with E-state index >= 15 is 0 Å². The molecule has 0 bridgehead atoms. The first-order valence-corrected chi connectivity index (χ1v) is 11.0. The van der Waals surface area contributed by atoms with Gasteiger partial charge in [-0.1, -0.05) is 64.5 Å². The monoisotopic (exact) mass is 505 g/mol. The summed E-state index contributed by atoms with van der Waals surface area (Å²) in [4.78, 5) is 37.2. The highest BCUT2D eigenvalue weighted by atomic mass is 79.9. The highest BCUT2D eigenvalue weighted by molar-refractivity contribution is 9.10. The molecule has 3 aromatic rings. The van der Waals surface area contributed by atoms with E-state index in [0.717, 1.165) is 10.0 Å². The fraction of sp³-hybridized carbons (Fsp3) is 0.120. The van der Waals surface area contributed by atoms with E-state index in [0.29, 0.717) is 23.4 Å². The van der Waals surface area contributed by atoms with Gasteiger partial charge in [0.2, 0.25) is 5.91 Å². The lowest BCUT2D eigenvalue weighted by Gasteiger charge is -2.15. The van der Waals surface area contributed by atoms with Crippen LogP contribution in [-0.2, 0) is 9.59 Å².